The Balaban J connectivity index is 1.68. The summed E-state index contributed by atoms with van der Waals surface area (Å²) in [4.78, 5) is 22.1. The predicted molar refractivity (Wildman–Crippen MR) is 86.9 cm³/mol. The number of carbonyl (C=O) groups excluding carboxylic acids is 1. The molecule has 24 heavy (non-hydrogen) atoms. The van der Waals surface area contributed by atoms with Crippen LogP contribution in [0.25, 0.3) is 11.3 Å². The highest BCUT2D eigenvalue weighted by Gasteiger charge is 2.14. The van der Waals surface area contributed by atoms with Crippen molar-refractivity contribution in [1.82, 2.24) is 35.3 Å². The van der Waals surface area contributed by atoms with Crippen molar-refractivity contribution in [3.8, 4) is 11.3 Å². The van der Waals surface area contributed by atoms with Gasteiger partial charge in [0.15, 0.2) is 5.82 Å². The van der Waals surface area contributed by atoms with Gasteiger partial charge in [0.1, 0.15) is 5.82 Å². The van der Waals surface area contributed by atoms with E-state index < -0.39 is 0 Å². The number of H-pyrrole nitrogens is 1. The number of urea groups is 1. The third-order valence-corrected chi connectivity index (χ3v) is 3.22. The number of nitrogens with one attached hydrogen (secondary N) is 2. The third kappa shape index (κ3) is 3.69. The minimum Gasteiger partial charge on any atom is -0.320 e. The first-order valence-electron chi connectivity index (χ1n) is 7.27. The molecule has 2 N–H and O–H groups in total. The molecule has 2 aromatic heterocycles. The van der Waals surface area contributed by atoms with Crippen LogP contribution in [0.15, 0.2) is 36.5 Å². The highest BCUT2D eigenvalue weighted by molar-refractivity contribution is 5.87. The van der Waals surface area contributed by atoms with Crippen LogP contribution in [0.1, 0.15) is 11.6 Å². The molecule has 2 amide bonds. The van der Waals surface area contributed by atoms with E-state index >= 15 is 0 Å². The number of nitrogens with zero attached hydrogens (tertiary/aromatic N) is 6. The topological polar surface area (TPSA) is 113 Å². The van der Waals surface area contributed by atoms with Crippen molar-refractivity contribution in [2.45, 2.75) is 13.5 Å². The number of carbonyl (C=O) groups is 1. The minimum atomic E-state index is -0.371. The van der Waals surface area contributed by atoms with Crippen LogP contribution < -0.4 is 5.32 Å². The Morgan fingerprint density at radius 2 is 2.04 bits per heavy atom. The fraction of sp³-hybridized carbons (Fsp3) is 0.200. The quantitative estimate of drug-likeness (QED) is 0.754. The summed E-state index contributed by atoms with van der Waals surface area (Å²) in [5.41, 5.74) is 1.53. The monoisotopic (exact) mass is 324 g/mol. The normalized spacial score (nSPS) is 10.4. The number of benzene rings is 1. The number of rotatable bonds is 4. The van der Waals surface area contributed by atoms with E-state index in [9.17, 15) is 4.79 Å². The zero-order valence-corrected chi connectivity index (χ0v) is 13.3. The molecule has 1 aromatic carbocycles. The van der Waals surface area contributed by atoms with Gasteiger partial charge in [-0.05, 0) is 6.92 Å². The summed E-state index contributed by atoms with van der Waals surface area (Å²) in [6, 6.07) is 9.18. The molecule has 122 valence electrons. The molecule has 2 heterocycles. The summed E-state index contributed by atoms with van der Waals surface area (Å²) >= 11 is 0. The van der Waals surface area contributed by atoms with Crippen LogP contribution in [-0.4, -0.2) is 48.3 Å². The van der Waals surface area contributed by atoms with Gasteiger partial charge in [0.05, 0.1) is 18.4 Å². The van der Waals surface area contributed by atoms with E-state index in [1.807, 2.05) is 30.3 Å². The minimum absolute atomic E-state index is 0.138. The first kappa shape index (κ1) is 15.5. The number of hydrogen-bond acceptors (Lipinski definition) is 6. The number of anilines is 1. The summed E-state index contributed by atoms with van der Waals surface area (Å²) in [5, 5.41) is 17.1. The van der Waals surface area contributed by atoms with E-state index in [0.29, 0.717) is 17.3 Å². The molecule has 9 heteroatoms. The number of aromatic nitrogens is 6. The molecule has 0 fully saturated rings. The van der Waals surface area contributed by atoms with Crippen LogP contribution in [0, 0.1) is 6.92 Å². The SMILES string of the molecule is Cc1nc(CN(C)C(=O)Nc2nncc(-c3ccccc3)n2)n[nH]1. The second-order valence-corrected chi connectivity index (χ2v) is 5.15. The Morgan fingerprint density at radius 3 is 2.75 bits per heavy atom. The lowest BCUT2D eigenvalue weighted by Crippen LogP contribution is -2.32. The van der Waals surface area contributed by atoms with Crippen LogP contribution in [0.3, 0.4) is 0 Å². The molecule has 0 atom stereocenters. The molecule has 0 radical (unpaired) electrons. The van der Waals surface area contributed by atoms with Gasteiger partial charge in [-0.15, -0.1) is 5.10 Å². The van der Waals surface area contributed by atoms with E-state index in [2.05, 4.69) is 35.7 Å². The molecule has 0 spiro atoms. The first-order valence-corrected chi connectivity index (χ1v) is 7.27. The third-order valence-electron chi connectivity index (χ3n) is 3.22. The largest absolute Gasteiger partial charge is 0.324 e. The summed E-state index contributed by atoms with van der Waals surface area (Å²) < 4.78 is 0. The second-order valence-electron chi connectivity index (χ2n) is 5.15. The van der Waals surface area contributed by atoms with Crippen LogP contribution in [-0.2, 0) is 6.54 Å². The van der Waals surface area contributed by atoms with Crippen molar-refractivity contribution >= 4 is 12.0 Å². The molecule has 3 aromatic rings. The van der Waals surface area contributed by atoms with Gasteiger partial charge in [-0.3, -0.25) is 10.4 Å². The van der Waals surface area contributed by atoms with Crippen molar-refractivity contribution in [3.63, 3.8) is 0 Å². The van der Waals surface area contributed by atoms with Gasteiger partial charge < -0.3 is 4.90 Å². The average molecular weight is 324 g/mol. The van der Waals surface area contributed by atoms with Crippen molar-refractivity contribution in [3.05, 3.63) is 48.2 Å². The van der Waals surface area contributed by atoms with Crippen LogP contribution in [0.2, 0.25) is 0 Å². The van der Waals surface area contributed by atoms with Gasteiger partial charge in [0, 0.05) is 12.6 Å². The van der Waals surface area contributed by atoms with E-state index in [0.717, 1.165) is 5.56 Å². The zero-order valence-electron chi connectivity index (χ0n) is 13.3. The molecule has 0 aliphatic carbocycles. The maximum Gasteiger partial charge on any atom is 0.324 e. The van der Waals surface area contributed by atoms with Crippen LogP contribution in [0.5, 0.6) is 0 Å². The molecule has 0 saturated carbocycles. The maximum atomic E-state index is 12.2. The maximum absolute atomic E-state index is 12.2. The van der Waals surface area contributed by atoms with Gasteiger partial charge in [0.25, 0.3) is 5.95 Å². The lowest BCUT2D eigenvalue weighted by Gasteiger charge is -2.15. The Hall–Kier alpha value is -3.36. The number of aryl methyl sites for hydroxylation is 1. The van der Waals surface area contributed by atoms with Crippen molar-refractivity contribution in [2.24, 2.45) is 0 Å². The Morgan fingerprint density at radius 1 is 1.25 bits per heavy atom. The molecular formula is C15H16N8O. The second kappa shape index (κ2) is 6.82. The summed E-state index contributed by atoms with van der Waals surface area (Å²) in [5.74, 6) is 1.36. The number of hydrogen-bond donors (Lipinski definition) is 2. The molecule has 0 aliphatic heterocycles. The highest BCUT2D eigenvalue weighted by atomic mass is 16.2. The predicted octanol–water partition coefficient (Wildman–Crippen LogP) is 1.63. The van der Waals surface area contributed by atoms with Gasteiger partial charge in [-0.25, -0.2) is 14.8 Å². The van der Waals surface area contributed by atoms with Gasteiger partial charge in [-0.1, -0.05) is 30.3 Å². The Labute approximate surface area is 138 Å². The molecule has 0 aliphatic rings. The number of aromatic amines is 1. The molecular weight excluding hydrogens is 308 g/mol. The fourth-order valence-corrected chi connectivity index (χ4v) is 2.04. The van der Waals surface area contributed by atoms with Crippen molar-refractivity contribution < 1.29 is 4.79 Å². The fourth-order valence-electron chi connectivity index (χ4n) is 2.04. The lowest BCUT2D eigenvalue weighted by molar-refractivity contribution is 0.219. The van der Waals surface area contributed by atoms with Crippen molar-refractivity contribution in [2.75, 3.05) is 12.4 Å². The summed E-state index contributed by atoms with van der Waals surface area (Å²) in [6.07, 6.45) is 1.55. The van der Waals surface area contributed by atoms with Crippen LogP contribution in [0.4, 0.5) is 10.7 Å². The molecule has 9 nitrogen and oxygen atoms in total. The van der Waals surface area contributed by atoms with Gasteiger partial charge in [-0.2, -0.15) is 10.2 Å². The Bertz CT molecular complexity index is 832. The van der Waals surface area contributed by atoms with Gasteiger partial charge in [0.2, 0.25) is 0 Å². The molecule has 0 saturated heterocycles. The lowest BCUT2D eigenvalue weighted by atomic mass is 10.2. The van der Waals surface area contributed by atoms with E-state index in [1.54, 1.807) is 20.2 Å². The molecule has 3 rings (SSSR count). The highest BCUT2D eigenvalue weighted by Crippen LogP contribution is 2.15. The smallest absolute Gasteiger partial charge is 0.320 e. The number of amides is 2. The summed E-state index contributed by atoms with van der Waals surface area (Å²) in [7, 11) is 1.63. The van der Waals surface area contributed by atoms with Gasteiger partial charge >= 0.3 is 6.03 Å². The van der Waals surface area contributed by atoms with Crippen LogP contribution >= 0.6 is 0 Å². The molecule has 0 unspecified atom stereocenters. The van der Waals surface area contributed by atoms with Crippen molar-refractivity contribution in [1.29, 1.82) is 0 Å². The first-order chi connectivity index (χ1) is 11.6. The summed E-state index contributed by atoms with van der Waals surface area (Å²) in [6.45, 7) is 2.06. The van der Waals surface area contributed by atoms with E-state index in [1.165, 1.54) is 4.90 Å². The van der Waals surface area contributed by atoms with E-state index in [-0.39, 0.29) is 18.5 Å². The molecule has 0 bridgehead atoms. The average Bonchev–Trinajstić information content (AvgIpc) is 3.00. The standard InChI is InChI=1S/C15H16N8O/c1-10-17-13(21-20-10)9-23(2)15(24)19-14-18-12(8-16-22-14)11-6-4-3-5-7-11/h3-8H,9H2,1-2H3,(H,17,20,21)(H,18,19,22,24). The zero-order chi connectivity index (χ0) is 16.9. The Kier molecular flexibility index (Phi) is 4.41. The van der Waals surface area contributed by atoms with E-state index in [4.69, 9.17) is 0 Å².